The lowest BCUT2D eigenvalue weighted by molar-refractivity contribution is -0.297. The lowest BCUT2D eigenvalue weighted by Gasteiger charge is -2.50. The summed E-state index contributed by atoms with van der Waals surface area (Å²) in [6.07, 6.45) is -4.83. The van der Waals surface area contributed by atoms with E-state index in [2.05, 4.69) is 16.0 Å². The number of hydrogen-bond donors (Lipinski definition) is 11. The average molecular weight is 563 g/mol. The Labute approximate surface area is 228 Å². The molecule has 1 saturated carbocycles. The maximum atomic E-state index is 12.5. The van der Waals surface area contributed by atoms with E-state index in [1.165, 1.54) is 6.92 Å². The van der Waals surface area contributed by atoms with Gasteiger partial charge in [-0.25, -0.2) is 0 Å². The van der Waals surface area contributed by atoms with Gasteiger partial charge in [0.1, 0.15) is 35.8 Å². The number of hydrogen-bond acceptors (Lipinski definition) is 14. The zero-order chi connectivity index (χ0) is 28.9. The number of aliphatic hydroxyl groups excluding tert-OH is 4. The fourth-order valence-electron chi connectivity index (χ4n) is 5.64. The Kier molecular flexibility index (Phi) is 11.5. The Balaban J connectivity index is 1.85. The smallest absolute Gasteiger partial charge is 0.250 e. The van der Waals surface area contributed by atoms with Crippen LogP contribution in [0.25, 0.3) is 0 Å². The van der Waals surface area contributed by atoms with Gasteiger partial charge in [-0.05, 0) is 32.9 Å². The molecule has 0 aromatic heterocycles. The third kappa shape index (κ3) is 7.44. The number of carbonyl (C=O) groups excluding carboxylic acids is 1. The first-order chi connectivity index (χ1) is 18.4. The molecule has 2 heterocycles. The minimum absolute atomic E-state index is 0.0354. The van der Waals surface area contributed by atoms with Crippen molar-refractivity contribution in [2.45, 2.75) is 86.3 Å². The number of ether oxygens (including phenoxy) is 3. The van der Waals surface area contributed by atoms with Crippen LogP contribution < -0.4 is 33.2 Å². The van der Waals surface area contributed by atoms with Crippen LogP contribution in [0.15, 0.2) is 11.8 Å². The number of nitrogens with two attached hydrogens (primary N) is 3. The van der Waals surface area contributed by atoms with Gasteiger partial charge >= 0.3 is 0 Å². The molecule has 2 aliphatic heterocycles. The van der Waals surface area contributed by atoms with Crippen LogP contribution in [0.3, 0.4) is 0 Å². The third-order valence-electron chi connectivity index (χ3n) is 7.73. The number of amides is 1. The summed E-state index contributed by atoms with van der Waals surface area (Å²) in [4.78, 5) is 12.5. The molecule has 1 saturated heterocycles. The van der Waals surface area contributed by atoms with Crippen molar-refractivity contribution in [1.82, 2.24) is 16.0 Å². The van der Waals surface area contributed by atoms with E-state index < -0.39 is 78.4 Å². The number of likely N-dealkylation sites (N-methyl/N-ethyl adjacent to an activating group) is 1. The second-order valence-corrected chi connectivity index (χ2v) is 10.8. The van der Waals surface area contributed by atoms with E-state index in [4.69, 9.17) is 36.5 Å². The molecular weight excluding hydrogens is 516 g/mol. The average Bonchev–Trinajstić information content (AvgIpc) is 2.88. The molecule has 3 aliphatic rings. The number of carbonyl (C=O) groups is 1. The van der Waals surface area contributed by atoms with Gasteiger partial charge in [0.15, 0.2) is 6.29 Å². The van der Waals surface area contributed by atoms with Gasteiger partial charge in [0.25, 0.3) is 0 Å². The van der Waals surface area contributed by atoms with Crippen LogP contribution in [0.4, 0.5) is 0 Å². The third-order valence-corrected chi connectivity index (χ3v) is 7.73. The van der Waals surface area contributed by atoms with E-state index >= 15 is 0 Å². The molecule has 39 heavy (non-hydrogen) atoms. The van der Waals surface area contributed by atoms with Crippen LogP contribution in [-0.4, -0.2) is 138 Å². The zero-order valence-electron chi connectivity index (χ0n) is 22.5. The van der Waals surface area contributed by atoms with Crippen LogP contribution in [0, 0.1) is 5.92 Å². The zero-order valence-corrected chi connectivity index (χ0v) is 22.5. The molecule has 12 atom stereocenters. The van der Waals surface area contributed by atoms with Crippen molar-refractivity contribution >= 4 is 5.91 Å². The summed E-state index contributed by atoms with van der Waals surface area (Å²) in [5, 5.41) is 60.7. The van der Waals surface area contributed by atoms with Crippen LogP contribution in [0.1, 0.15) is 19.8 Å². The molecule has 0 aromatic carbocycles. The molecule has 1 unspecified atom stereocenters. The predicted octanol–water partition coefficient (Wildman–Crippen LogP) is -5.48. The fourth-order valence-corrected chi connectivity index (χ4v) is 5.64. The normalized spacial score (nSPS) is 41.8. The van der Waals surface area contributed by atoms with Gasteiger partial charge in [0, 0.05) is 31.1 Å². The fraction of sp³-hybridized carbons (Fsp3) is 0.875. The maximum Gasteiger partial charge on any atom is 0.250 e. The van der Waals surface area contributed by atoms with Crippen molar-refractivity contribution in [3.63, 3.8) is 0 Å². The van der Waals surface area contributed by atoms with Crippen LogP contribution in [0.2, 0.25) is 0 Å². The van der Waals surface area contributed by atoms with E-state index in [1.807, 2.05) is 6.08 Å². The summed E-state index contributed by atoms with van der Waals surface area (Å²) in [7, 11) is 1.58. The second-order valence-electron chi connectivity index (χ2n) is 10.8. The van der Waals surface area contributed by atoms with Crippen LogP contribution in [-0.2, 0) is 19.0 Å². The largest absolute Gasteiger partial charge is 0.492 e. The molecule has 2 fully saturated rings. The van der Waals surface area contributed by atoms with E-state index in [0.29, 0.717) is 25.3 Å². The first-order valence-corrected chi connectivity index (χ1v) is 13.3. The Morgan fingerprint density at radius 1 is 1.28 bits per heavy atom. The molecule has 1 amide bonds. The molecule has 0 aromatic rings. The van der Waals surface area contributed by atoms with Gasteiger partial charge in [-0.3, -0.25) is 4.79 Å². The van der Waals surface area contributed by atoms with Gasteiger partial charge in [-0.1, -0.05) is 0 Å². The van der Waals surface area contributed by atoms with Gasteiger partial charge in [0.2, 0.25) is 5.91 Å². The molecule has 3 rings (SSSR count). The molecule has 15 nitrogen and oxygen atoms in total. The predicted molar refractivity (Wildman–Crippen MR) is 139 cm³/mol. The molecule has 14 N–H and O–H groups in total. The highest BCUT2D eigenvalue weighted by molar-refractivity contribution is 5.81. The lowest BCUT2D eigenvalue weighted by Crippen LogP contribution is -2.69. The van der Waals surface area contributed by atoms with Crippen LogP contribution in [0.5, 0.6) is 0 Å². The number of rotatable bonds is 11. The molecule has 0 radical (unpaired) electrons. The Morgan fingerprint density at radius 2 is 2.00 bits per heavy atom. The minimum Gasteiger partial charge on any atom is -0.492 e. The van der Waals surface area contributed by atoms with Crippen molar-refractivity contribution in [3.05, 3.63) is 11.8 Å². The van der Waals surface area contributed by atoms with Gasteiger partial charge in [0.05, 0.1) is 37.9 Å². The summed E-state index contributed by atoms with van der Waals surface area (Å²) in [6.45, 7) is 1.73. The van der Waals surface area contributed by atoms with E-state index in [1.54, 1.807) is 7.05 Å². The minimum atomic E-state index is -1.48. The van der Waals surface area contributed by atoms with Crippen molar-refractivity contribution in [2.24, 2.45) is 23.1 Å². The van der Waals surface area contributed by atoms with Crippen LogP contribution >= 0.6 is 0 Å². The molecule has 0 bridgehead atoms. The Hall–Kier alpha value is -1.47. The first kappa shape index (κ1) is 32.0. The van der Waals surface area contributed by atoms with Crippen molar-refractivity contribution < 1.29 is 44.5 Å². The first-order valence-electron chi connectivity index (χ1n) is 13.3. The quantitative estimate of drug-likeness (QED) is 0.105. The highest BCUT2D eigenvalue weighted by Gasteiger charge is 2.53. The van der Waals surface area contributed by atoms with E-state index in [-0.39, 0.29) is 26.2 Å². The molecule has 0 spiro atoms. The number of nitrogens with one attached hydrogen (secondary N) is 3. The maximum absolute atomic E-state index is 12.5. The molecule has 226 valence electrons. The van der Waals surface area contributed by atoms with Gasteiger partial charge in [-0.2, -0.15) is 0 Å². The highest BCUT2D eigenvalue weighted by atomic mass is 16.7. The van der Waals surface area contributed by atoms with E-state index in [9.17, 15) is 25.2 Å². The summed E-state index contributed by atoms with van der Waals surface area (Å²) in [5.74, 6) is -0.900. The number of aliphatic hydroxyl groups is 5. The van der Waals surface area contributed by atoms with E-state index in [0.717, 1.165) is 0 Å². The molecule has 1 aliphatic carbocycles. The van der Waals surface area contributed by atoms with Gasteiger partial charge < -0.3 is 72.9 Å². The second kappa shape index (κ2) is 13.9. The summed E-state index contributed by atoms with van der Waals surface area (Å²) in [6, 6.07) is -2.88. The summed E-state index contributed by atoms with van der Waals surface area (Å²) in [5.41, 5.74) is 16.9. The standard InChI is InChI=1S/C24H46N6O9/c1-24(36)10-37-23(18(34)21(24)28-2)39-20-14(30-22(35)15(32)8-25)7-13(27)16(17(20)33)19-12(26)4-3-11(38-19)9-29-5-6-31/h3,12-21,23,28-29,31-34,36H,4-10,25-27H2,1-2H3,(H,30,35)/t12-,13+,14-,15-,16?,17+,18-,19+,20+,21-,23-,24+/m1/s1. The molecular formula is C24H46N6O9. The van der Waals surface area contributed by atoms with Gasteiger partial charge in [-0.15, -0.1) is 0 Å². The highest BCUT2D eigenvalue weighted by Crippen LogP contribution is 2.36. The lowest BCUT2D eigenvalue weighted by atomic mass is 9.72. The summed E-state index contributed by atoms with van der Waals surface area (Å²) >= 11 is 0. The molecule has 15 heteroatoms. The monoisotopic (exact) mass is 562 g/mol. The topological polar surface area (TPSA) is 260 Å². The summed E-state index contributed by atoms with van der Waals surface area (Å²) < 4.78 is 17.9. The SMILES string of the molecule is CN[C@@H]1[C@@H](O)[C@@H](O[C@H]2[C@H](NC(=O)[C@H](O)CN)C[C@H](N)C([C@H]3OC(CNCCO)=CC[C@H]3N)[C@@H]2O)OC[C@]1(C)O. The van der Waals surface area contributed by atoms with Crippen molar-refractivity contribution in [2.75, 3.05) is 39.9 Å². The van der Waals surface area contributed by atoms with Crippen molar-refractivity contribution in [1.29, 1.82) is 0 Å². The van der Waals surface area contributed by atoms with Crippen molar-refractivity contribution in [3.8, 4) is 0 Å². The Morgan fingerprint density at radius 3 is 2.64 bits per heavy atom. The Bertz CT molecular complexity index is 836.